The van der Waals surface area contributed by atoms with Crippen molar-refractivity contribution in [1.29, 1.82) is 0 Å². The van der Waals surface area contributed by atoms with E-state index in [2.05, 4.69) is 16.1 Å². The van der Waals surface area contributed by atoms with E-state index in [4.69, 9.17) is 0 Å². The minimum atomic E-state index is -0.0559. The Labute approximate surface area is 110 Å². The summed E-state index contributed by atoms with van der Waals surface area (Å²) in [4.78, 5) is 16.5. The zero-order valence-electron chi connectivity index (χ0n) is 10.9. The fourth-order valence-corrected chi connectivity index (χ4v) is 2.17. The largest absolute Gasteiger partial charge is 0.294 e. The Bertz CT molecular complexity index is 801. The average molecular weight is 254 g/mol. The molecule has 1 aromatic carbocycles. The first-order chi connectivity index (χ1) is 9.13. The van der Waals surface area contributed by atoms with Gasteiger partial charge in [-0.2, -0.15) is 5.10 Å². The SMILES string of the molecule is Cc1cccc(Cn2cnc3nn(C)cc3c2=O)c1. The highest BCUT2D eigenvalue weighted by Gasteiger charge is 2.07. The lowest BCUT2D eigenvalue weighted by Gasteiger charge is -2.05. The van der Waals surface area contributed by atoms with E-state index in [0.717, 1.165) is 5.56 Å². The molecule has 0 aliphatic carbocycles. The molecule has 3 aromatic rings. The van der Waals surface area contributed by atoms with Crippen LogP contribution in [0.3, 0.4) is 0 Å². The topological polar surface area (TPSA) is 52.7 Å². The smallest absolute Gasteiger partial charge is 0.264 e. The van der Waals surface area contributed by atoms with Crippen LogP contribution in [0.25, 0.3) is 11.0 Å². The maximum Gasteiger partial charge on any atom is 0.264 e. The quantitative estimate of drug-likeness (QED) is 0.696. The second-order valence-electron chi connectivity index (χ2n) is 4.71. The first-order valence-electron chi connectivity index (χ1n) is 6.08. The number of aryl methyl sites for hydroxylation is 2. The van der Waals surface area contributed by atoms with E-state index in [1.807, 2.05) is 25.1 Å². The molecule has 0 unspecified atom stereocenters. The van der Waals surface area contributed by atoms with Crippen molar-refractivity contribution in [2.45, 2.75) is 13.5 Å². The number of benzene rings is 1. The molecule has 0 aliphatic heterocycles. The fraction of sp³-hybridized carbons (Fsp3) is 0.214. The molecule has 0 aliphatic rings. The minimum Gasteiger partial charge on any atom is -0.294 e. The van der Waals surface area contributed by atoms with E-state index in [1.54, 1.807) is 28.8 Å². The van der Waals surface area contributed by atoms with Crippen molar-refractivity contribution < 1.29 is 0 Å². The van der Waals surface area contributed by atoms with Crippen molar-refractivity contribution in [3.05, 3.63) is 58.3 Å². The van der Waals surface area contributed by atoms with E-state index >= 15 is 0 Å². The van der Waals surface area contributed by atoms with Crippen LogP contribution in [-0.2, 0) is 13.6 Å². The van der Waals surface area contributed by atoms with Crippen LogP contribution in [0.1, 0.15) is 11.1 Å². The Morgan fingerprint density at radius 3 is 2.95 bits per heavy atom. The molecule has 2 heterocycles. The lowest BCUT2D eigenvalue weighted by molar-refractivity contribution is 0.745. The third-order valence-corrected chi connectivity index (χ3v) is 3.06. The monoisotopic (exact) mass is 254 g/mol. The third kappa shape index (κ3) is 2.14. The highest BCUT2D eigenvalue weighted by molar-refractivity contribution is 5.72. The molecule has 0 spiro atoms. The number of hydrogen-bond donors (Lipinski definition) is 0. The summed E-state index contributed by atoms with van der Waals surface area (Å²) in [6, 6.07) is 8.10. The van der Waals surface area contributed by atoms with Crippen LogP contribution in [0.15, 0.2) is 41.6 Å². The summed E-state index contributed by atoms with van der Waals surface area (Å²) in [6.07, 6.45) is 3.26. The van der Waals surface area contributed by atoms with Crippen LogP contribution in [0.5, 0.6) is 0 Å². The van der Waals surface area contributed by atoms with Gasteiger partial charge in [0, 0.05) is 13.2 Å². The Morgan fingerprint density at radius 1 is 1.32 bits per heavy atom. The number of fused-ring (bicyclic) bond motifs is 1. The van der Waals surface area contributed by atoms with Gasteiger partial charge in [0.25, 0.3) is 5.56 Å². The number of aromatic nitrogens is 4. The summed E-state index contributed by atoms with van der Waals surface area (Å²) >= 11 is 0. The number of rotatable bonds is 2. The van der Waals surface area contributed by atoms with Gasteiger partial charge >= 0.3 is 0 Å². The predicted octanol–water partition coefficient (Wildman–Crippen LogP) is 1.49. The number of hydrogen-bond acceptors (Lipinski definition) is 3. The average Bonchev–Trinajstić information content (AvgIpc) is 2.75. The lowest BCUT2D eigenvalue weighted by Crippen LogP contribution is -2.20. The second-order valence-corrected chi connectivity index (χ2v) is 4.71. The molecule has 2 aromatic heterocycles. The maximum absolute atomic E-state index is 12.3. The molecular weight excluding hydrogens is 240 g/mol. The minimum absolute atomic E-state index is 0.0559. The zero-order chi connectivity index (χ0) is 13.4. The zero-order valence-corrected chi connectivity index (χ0v) is 10.9. The van der Waals surface area contributed by atoms with Crippen molar-refractivity contribution in [2.24, 2.45) is 7.05 Å². The summed E-state index contributed by atoms with van der Waals surface area (Å²) < 4.78 is 3.22. The van der Waals surface area contributed by atoms with Gasteiger partial charge in [-0.25, -0.2) is 4.98 Å². The van der Waals surface area contributed by atoms with E-state index < -0.39 is 0 Å². The van der Waals surface area contributed by atoms with Crippen molar-refractivity contribution in [3.63, 3.8) is 0 Å². The van der Waals surface area contributed by atoms with Crippen LogP contribution < -0.4 is 5.56 Å². The summed E-state index contributed by atoms with van der Waals surface area (Å²) in [5.41, 5.74) is 2.71. The standard InChI is InChI=1S/C14H14N4O/c1-10-4-3-5-11(6-10)7-18-9-15-13-12(14(18)19)8-17(2)16-13/h3-6,8-9H,7H2,1-2H3. The summed E-state index contributed by atoms with van der Waals surface area (Å²) in [5, 5.41) is 4.68. The Morgan fingerprint density at radius 2 is 2.16 bits per heavy atom. The normalized spacial score (nSPS) is 11.1. The molecule has 0 atom stereocenters. The van der Waals surface area contributed by atoms with E-state index in [9.17, 15) is 4.79 Å². The van der Waals surface area contributed by atoms with Gasteiger partial charge in [0.1, 0.15) is 11.7 Å². The van der Waals surface area contributed by atoms with Gasteiger partial charge in [0.2, 0.25) is 0 Å². The second kappa shape index (κ2) is 4.35. The van der Waals surface area contributed by atoms with Gasteiger partial charge in [0.15, 0.2) is 5.65 Å². The van der Waals surface area contributed by atoms with Crippen molar-refractivity contribution in [3.8, 4) is 0 Å². The maximum atomic E-state index is 12.3. The van der Waals surface area contributed by atoms with Gasteiger partial charge in [-0.1, -0.05) is 29.8 Å². The Kier molecular flexibility index (Phi) is 2.67. The van der Waals surface area contributed by atoms with E-state index in [1.165, 1.54) is 5.56 Å². The highest BCUT2D eigenvalue weighted by atomic mass is 16.1. The lowest BCUT2D eigenvalue weighted by atomic mass is 10.1. The summed E-state index contributed by atoms with van der Waals surface area (Å²) in [7, 11) is 1.78. The Balaban J connectivity index is 2.06. The molecule has 19 heavy (non-hydrogen) atoms. The van der Waals surface area contributed by atoms with Crippen LogP contribution >= 0.6 is 0 Å². The molecule has 0 saturated carbocycles. The molecule has 3 rings (SSSR count). The molecule has 0 N–H and O–H groups in total. The molecule has 96 valence electrons. The molecule has 5 heteroatoms. The fourth-order valence-electron chi connectivity index (χ4n) is 2.17. The Hall–Kier alpha value is -2.43. The van der Waals surface area contributed by atoms with Gasteiger partial charge in [-0.05, 0) is 12.5 Å². The molecule has 0 amide bonds. The van der Waals surface area contributed by atoms with Gasteiger partial charge in [-0.3, -0.25) is 14.0 Å². The number of nitrogens with zero attached hydrogens (tertiary/aromatic N) is 4. The molecule has 0 saturated heterocycles. The first-order valence-corrected chi connectivity index (χ1v) is 6.08. The molecule has 0 fully saturated rings. The summed E-state index contributed by atoms with van der Waals surface area (Å²) in [6.45, 7) is 2.56. The van der Waals surface area contributed by atoms with Crippen LogP contribution in [0.4, 0.5) is 0 Å². The van der Waals surface area contributed by atoms with E-state index in [-0.39, 0.29) is 5.56 Å². The van der Waals surface area contributed by atoms with Crippen molar-refractivity contribution in [1.82, 2.24) is 19.3 Å². The van der Waals surface area contributed by atoms with E-state index in [0.29, 0.717) is 17.6 Å². The van der Waals surface area contributed by atoms with Gasteiger partial charge < -0.3 is 0 Å². The highest BCUT2D eigenvalue weighted by Crippen LogP contribution is 2.07. The van der Waals surface area contributed by atoms with Crippen molar-refractivity contribution in [2.75, 3.05) is 0 Å². The molecule has 5 nitrogen and oxygen atoms in total. The van der Waals surface area contributed by atoms with Crippen LogP contribution in [-0.4, -0.2) is 19.3 Å². The van der Waals surface area contributed by atoms with Crippen LogP contribution in [0, 0.1) is 6.92 Å². The summed E-state index contributed by atoms with van der Waals surface area (Å²) in [5.74, 6) is 0. The molecule has 0 bridgehead atoms. The van der Waals surface area contributed by atoms with Gasteiger partial charge in [-0.15, -0.1) is 0 Å². The molecular formula is C14H14N4O. The molecule has 0 radical (unpaired) electrons. The van der Waals surface area contributed by atoms with Crippen LogP contribution in [0.2, 0.25) is 0 Å². The predicted molar refractivity (Wildman–Crippen MR) is 73.1 cm³/mol. The van der Waals surface area contributed by atoms with Gasteiger partial charge in [0.05, 0.1) is 6.54 Å². The third-order valence-electron chi connectivity index (χ3n) is 3.06. The van der Waals surface area contributed by atoms with Crippen molar-refractivity contribution >= 4 is 11.0 Å². The first kappa shape index (κ1) is 11.6.